The fourth-order valence-corrected chi connectivity index (χ4v) is 0.594. The molecule has 3 nitrogen and oxygen atoms in total. The van der Waals surface area contributed by atoms with Crippen molar-refractivity contribution < 1.29 is 23.0 Å². The molecule has 14 heavy (non-hydrogen) atoms. The summed E-state index contributed by atoms with van der Waals surface area (Å²) in [6.45, 7) is 2.60. The summed E-state index contributed by atoms with van der Waals surface area (Å²) in [4.78, 5) is 10.7. The molecule has 0 aliphatic heterocycles. The number of halogens is 2. The van der Waals surface area contributed by atoms with E-state index < -0.39 is 18.5 Å². The van der Waals surface area contributed by atoms with Crippen molar-refractivity contribution in [3.05, 3.63) is 0 Å². The van der Waals surface area contributed by atoms with Gasteiger partial charge < -0.3 is 9.47 Å². The Bertz CT molecular complexity index is 148. The molecular weight excluding hydrogens is 194 g/mol. The molecule has 0 bridgehead atoms. The number of carbonyl (C=O) groups excluding carboxylic acids is 1. The molecule has 0 heterocycles. The second kappa shape index (κ2) is 7.53. The average Bonchev–Trinajstić information content (AvgIpc) is 2.22. The molecule has 0 aliphatic carbocycles. The highest BCUT2D eigenvalue weighted by molar-refractivity contribution is 5.59. The summed E-state index contributed by atoms with van der Waals surface area (Å²) < 4.78 is 33.9. The Kier molecular flexibility index (Phi) is 7.06. The molecule has 0 N–H and O–H groups in total. The number of alkyl halides is 2. The summed E-state index contributed by atoms with van der Waals surface area (Å²) in [6.07, 6.45) is -2.84. The molecule has 0 aromatic heterocycles. The first-order valence-corrected chi connectivity index (χ1v) is 4.67. The topological polar surface area (TPSA) is 35.5 Å². The Morgan fingerprint density at radius 3 is 1.71 bits per heavy atom. The van der Waals surface area contributed by atoms with E-state index in [1.54, 1.807) is 13.8 Å². The van der Waals surface area contributed by atoms with Crippen LogP contribution in [0.3, 0.4) is 0 Å². The lowest BCUT2D eigenvalue weighted by Gasteiger charge is -2.09. The zero-order valence-corrected chi connectivity index (χ0v) is 8.46. The van der Waals surface area contributed by atoms with Gasteiger partial charge in [0.05, 0.1) is 0 Å². The maximum Gasteiger partial charge on any atom is 0.508 e. The van der Waals surface area contributed by atoms with E-state index in [4.69, 9.17) is 0 Å². The van der Waals surface area contributed by atoms with E-state index in [-0.39, 0.29) is 26.1 Å². The van der Waals surface area contributed by atoms with Gasteiger partial charge in [-0.2, -0.15) is 0 Å². The lowest BCUT2D eigenvalue weighted by atomic mass is 10.3. The normalized spacial score (nSPS) is 14.6. The Morgan fingerprint density at radius 1 is 1.07 bits per heavy atom. The Balaban J connectivity index is 3.46. The van der Waals surface area contributed by atoms with E-state index in [1.165, 1.54) is 0 Å². The molecule has 0 saturated carbocycles. The van der Waals surface area contributed by atoms with Gasteiger partial charge in [0.15, 0.2) is 0 Å². The van der Waals surface area contributed by atoms with Gasteiger partial charge in [0.2, 0.25) is 0 Å². The smallest absolute Gasteiger partial charge is 0.431 e. The summed E-state index contributed by atoms with van der Waals surface area (Å²) in [5.41, 5.74) is 0. The van der Waals surface area contributed by atoms with Gasteiger partial charge in [-0.1, -0.05) is 13.8 Å². The van der Waals surface area contributed by atoms with Crippen molar-refractivity contribution in [3.8, 4) is 0 Å². The van der Waals surface area contributed by atoms with E-state index in [2.05, 4.69) is 9.47 Å². The third-order valence-corrected chi connectivity index (χ3v) is 1.65. The lowest BCUT2D eigenvalue weighted by molar-refractivity contribution is 0.0239. The van der Waals surface area contributed by atoms with Gasteiger partial charge in [0, 0.05) is 0 Å². The molecule has 0 aliphatic rings. The van der Waals surface area contributed by atoms with E-state index in [0.717, 1.165) is 0 Å². The van der Waals surface area contributed by atoms with E-state index in [0.29, 0.717) is 0 Å². The number of rotatable bonds is 6. The first kappa shape index (κ1) is 13.1. The fourth-order valence-electron chi connectivity index (χ4n) is 0.594. The molecule has 0 fully saturated rings. The Hall–Kier alpha value is -0.870. The number of hydrogen-bond donors (Lipinski definition) is 0. The molecule has 0 rings (SSSR count). The molecule has 0 amide bonds. The van der Waals surface area contributed by atoms with Gasteiger partial charge in [-0.3, -0.25) is 0 Å². The molecule has 0 radical (unpaired) electrons. The highest BCUT2D eigenvalue weighted by Gasteiger charge is 2.11. The molecule has 0 spiro atoms. The average molecular weight is 210 g/mol. The van der Waals surface area contributed by atoms with Gasteiger partial charge in [0.1, 0.15) is 25.6 Å². The summed E-state index contributed by atoms with van der Waals surface area (Å²) in [5, 5.41) is 0. The quantitative estimate of drug-likeness (QED) is 0.632. The third kappa shape index (κ3) is 6.62. The van der Waals surface area contributed by atoms with Crippen molar-refractivity contribution in [3.63, 3.8) is 0 Å². The van der Waals surface area contributed by atoms with Gasteiger partial charge in [0.25, 0.3) is 0 Å². The van der Waals surface area contributed by atoms with Crippen molar-refractivity contribution in [2.24, 2.45) is 0 Å². The van der Waals surface area contributed by atoms with Crippen LogP contribution in [0.4, 0.5) is 13.6 Å². The minimum absolute atomic E-state index is 0.272. The maximum absolute atomic E-state index is 12.6. The van der Waals surface area contributed by atoms with E-state index in [9.17, 15) is 13.6 Å². The molecule has 0 saturated heterocycles. The third-order valence-electron chi connectivity index (χ3n) is 1.65. The second-order valence-corrected chi connectivity index (χ2v) is 2.88. The number of carbonyl (C=O) groups is 1. The maximum atomic E-state index is 12.6. The molecule has 2 unspecified atom stereocenters. The van der Waals surface area contributed by atoms with Crippen LogP contribution in [-0.2, 0) is 9.47 Å². The largest absolute Gasteiger partial charge is 0.508 e. The van der Waals surface area contributed by atoms with Crippen LogP contribution in [0.1, 0.15) is 26.7 Å². The van der Waals surface area contributed by atoms with Crippen LogP contribution >= 0.6 is 0 Å². The number of hydrogen-bond acceptors (Lipinski definition) is 3. The van der Waals surface area contributed by atoms with Crippen molar-refractivity contribution >= 4 is 6.16 Å². The van der Waals surface area contributed by atoms with Crippen LogP contribution in [-0.4, -0.2) is 31.7 Å². The number of ether oxygens (including phenoxy) is 2. The minimum Gasteiger partial charge on any atom is -0.431 e. The van der Waals surface area contributed by atoms with Crippen LogP contribution < -0.4 is 0 Å². The summed E-state index contributed by atoms with van der Waals surface area (Å²) in [6, 6.07) is 0. The first-order chi connectivity index (χ1) is 6.60. The Labute approximate surface area is 82.4 Å². The van der Waals surface area contributed by atoms with Crippen LogP contribution in [0, 0.1) is 0 Å². The predicted molar refractivity (Wildman–Crippen MR) is 47.7 cm³/mol. The lowest BCUT2D eigenvalue weighted by Crippen LogP contribution is -2.18. The van der Waals surface area contributed by atoms with Gasteiger partial charge in [-0.25, -0.2) is 13.6 Å². The van der Waals surface area contributed by atoms with Crippen molar-refractivity contribution in [1.29, 1.82) is 0 Å². The predicted octanol–water partition coefficient (Wildman–Crippen LogP) is 2.64. The zero-order valence-electron chi connectivity index (χ0n) is 8.46. The molecule has 0 aromatic carbocycles. The highest BCUT2D eigenvalue weighted by Crippen LogP contribution is 2.01. The Morgan fingerprint density at radius 2 is 1.43 bits per heavy atom. The SMILES string of the molecule is CCC(F)COC(=O)OCC(F)CC. The molecule has 84 valence electrons. The van der Waals surface area contributed by atoms with E-state index in [1.807, 2.05) is 0 Å². The van der Waals surface area contributed by atoms with Crippen molar-refractivity contribution in [2.45, 2.75) is 39.0 Å². The van der Waals surface area contributed by atoms with E-state index >= 15 is 0 Å². The summed E-state index contributed by atoms with van der Waals surface area (Å²) in [7, 11) is 0. The highest BCUT2D eigenvalue weighted by atomic mass is 19.1. The summed E-state index contributed by atoms with van der Waals surface area (Å²) >= 11 is 0. The van der Waals surface area contributed by atoms with Crippen molar-refractivity contribution in [2.75, 3.05) is 13.2 Å². The van der Waals surface area contributed by atoms with Gasteiger partial charge in [-0.05, 0) is 12.8 Å². The first-order valence-electron chi connectivity index (χ1n) is 4.67. The van der Waals surface area contributed by atoms with Gasteiger partial charge in [-0.15, -0.1) is 0 Å². The molecule has 2 atom stereocenters. The standard InChI is InChI=1S/C9H16F2O3/c1-3-7(10)5-13-9(12)14-6-8(11)4-2/h7-8H,3-6H2,1-2H3. The zero-order chi connectivity index (χ0) is 11.0. The second-order valence-electron chi connectivity index (χ2n) is 2.88. The van der Waals surface area contributed by atoms with Gasteiger partial charge >= 0.3 is 6.16 Å². The minimum atomic E-state index is -1.19. The summed E-state index contributed by atoms with van der Waals surface area (Å²) in [5.74, 6) is 0. The van der Waals surface area contributed by atoms with Crippen molar-refractivity contribution in [1.82, 2.24) is 0 Å². The van der Waals surface area contributed by atoms with Crippen LogP contribution in [0.2, 0.25) is 0 Å². The fraction of sp³-hybridized carbons (Fsp3) is 0.889. The van der Waals surface area contributed by atoms with Crippen LogP contribution in [0.5, 0.6) is 0 Å². The van der Waals surface area contributed by atoms with Crippen LogP contribution in [0.25, 0.3) is 0 Å². The molecule has 5 heteroatoms. The van der Waals surface area contributed by atoms with Crippen LogP contribution in [0.15, 0.2) is 0 Å². The molecular formula is C9H16F2O3. The monoisotopic (exact) mass is 210 g/mol. The molecule has 0 aromatic rings.